The zero-order valence-electron chi connectivity index (χ0n) is 14.5. The maximum Gasteiger partial charge on any atom is 0.466 e. The van der Waals surface area contributed by atoms with Crippen LogP contribution in [0.25, 0.3) is 12.2 Å². The van der Waals surface area contributed by atoms with Crippen LogP contribution in [0, 0.1) is 0 Å². The first-order valence-corrected chi connectivity index (χ1v) is 11.8. The highest BCUT2D eigenvalue weighted by Crippen LogP contribution is 2.26. The Bertz CT molecular complexity index is 725. The summed E-state index contributed by atoms with van der Waals surface area (Å²) in [5.41, 5.74) is 2.47. The molecule has 0 fully saturated rings. The third-order valence-corrected chi connectivity index (χ3v) is 2.07. The van der Waals surface area contributed by atoms with Crippen molar-refractivity contribution in [3.63, 3.8) is 0 Å². The van der Waals surface area contributed by atoms with Crippen LogP contribution < -0.4 is 0 Å². The SMILES string of the molecule is C(=C\c1ccccc1)/c1ccccc1.O=P(O)(O)O.O=P(O)(O)O.O=P(O)(O)O. The van der Waals surface area contributed by atoms with Crippen molar-refractivity contribution in [3.8, 4) is 0 Å². The van der Waals surface area contributed by atoms with Crippen molar-refractivity contribution < 1.29 is 57.7 Å². The van der Waals surface area contributed by atoms with Crippen LogP contribution >= 0.6 is 23.5 Å². The molecule has 0 amide bonds. The second kappa shape index (κ2) is 14.5. The molecular weight excluding hydrogens is 453 g/mol. The summed E-state index contributed by atoms with van der Waals surface area (Å²) in [6, 6.07) is 20.6. The van der Waals surface area contributed by atoms with Crippen molar-refractivity contribution in [2.45, 2.75) is 0 Å². The molecule has 0 aliphatic rings. The van der Waals surface area contributed by atoms with Crippen molar-refractivity contribution in [2.75, 3.05) is 0 Å². The summed E-state index contributed by atoms with van der Waals surface area (Å²) in [5.74, 6) is 0. The highest BCUT2D eigenvalue weighted by Gasteiger charge is 2.01. The molecule has 12 nitrogen and oxygen atoms in total. The molecule has 2 aromatic rings. The summed E-state index contributed by atoms with van der Waals surface area (Å²) in [7, 11) is -13.9. The second-order valence-electron chi connectivity index (χ2n) is 4.69. The Morgan fingerprint density at radius 1 is 0.448 bits per heavy atom. The van der Waals surface area contributed by atoms with Crippen LogP contribution in [0.3, 0.4) is 0 Å². The average Bonchev–Trinajstić information content (AvgIpc) is 2.50. The monoisotopic (exact) mass is 474 g/mol. The molecule has 164 valence electrons. The third kappa shape index (κ3) is 41.8. The van der Waals surface area contributed by atoms with Gasteiger partial charge in [0.05, 0.1) is 0 Å². The number of hydrogen-bond donors (Lipinski definition) is 9. The topological polar surface area (TPSA) is 233 Å². The number of phosphoric acid groups is 3. The predicted octanol–water partition coefficient (Wildman–Crippen LogP) is 1.07. The lowest BCUT2D eigenvalue weighted by molar-refractivity contribution is 0.272. The molecule has 2 rings (SSSR count). The standard InChI is InChI=1S/C14H12.3H3O4P/c1-3-7-13(8-4-1)11-12-14-9-5-2-6-10-14;3*1-5(2,3)4/h1-12H;3*(H3,1,2,3,4)/b12-11+;;;. The molecule has 0 aromatic heterocycles. The van der Waals surface area contributed by atoms with Gasteiger partial charge in [-0.15, -0.1) is 0 Å². The minimum absolute atomic E-state index is 1.23. The molecule has 0 unspecified atom stereocenters. The highest BCUT2D eigenvalue weighted by atomic mass is 31.2. The van der Waals surface area contributed by atoms with E-state index in [0.717, 1.165) is 0 Å². The molecule has 29 heavy (non-hydrogen) atoms. The summed E-state index contributed by atoms with van der Waals surface area (Å²) >= 11 is 0. The van der Waals surface area contributed by atoms with Gasteiger partial charge in [-0.1, -0.05) is 72.8 Å². The minimum Gasteiger partial charge on any atom is -0.303 e. The highest BCUT2D eigenvalue weighted by molar-refractivity contribution is 7.45. The van der Waals surface area contributed by atoms with E-state index >= 15 is 0 Å². The van der Waals surface area contributed by atoms with E-state index in [0.29, 0.717) is 0 Å². The fourth-order valence-electron chi connectivity index (χ4n) is 1.32. The number of benzene rings is 2. The van der Waals surface area contributed by atoms with Gasteiger partial charge in [-0.05, 0) is 11.1 Å². The predicted molar refractivity (Wildman–Crippen MR) is 105 cm³/mol. The van der Waals surface area contributed by atoms with E-state index in [9.17, 15) is 0 Å². The molecule has 0 aliphatic carbocycles. The summed E-state index contributed by atoms with van der Waals surface area (Å²) in [6.07, 6.45) is 4.24. The van der Waals surface area contributed by atoms with E-state index in [1.165, 1.54) is 11.1 Å². The van der Waals surface area contributed by atoms with Crippen LogP contribution in [0.5, 0.6) is 0 Å². The van der Waals surface area contributed by atoms with E-state index in [-0.39, 0.29) is 0 Å². The Kier molecular flexibility index (Phi) is 14.8. The summed E-state index contributed by atoms with van der Waals surface area (Å²) in [5, 5.41) is 0. The molecule has 0 saturated heterocycles. The minimum atomic E-state index is -4.64. The van der Waals surface area contributed by atoms with Gasteiger partial charge >= 0.3 is 23.5 Å². The van der Waals surface area contributed by atoms with Gasteiger partial charge in [0.25, 0.3) is 0 Å². The molecule has 0 atom stereocenters. The van der Waals surface area contributed by atoms with E-state index in [2.05, 4.69) is 36.4 Å². The fraction of sp³-hybridized carbons (Fsp3) is 0. The van der Waals surface area contributed by atoms with Crippen LogP contribution in [-0.2, 0) is 13.7 Å². The molecule has 0 bridgehead atoms. The third-order valence-electron chi connectivity index (χ3n) is 2.07. The lowest BCUT2D eigenvalue weighted by Gasteiger charge is -1.92. The average molecular weight is 474 g/mol. The first-order chi connectivity index (χ1) is 12.9. The molecule has 9 N–H and O–H groups in total. The molecule has 0 saturated carbocycles. The van der Waals surface area contributed by atoms with Gasteiger partial charge in [-0.3, -0.25) is 0 Å². The number of rotatable bonds is 2. The van der Waals surface area contributed by atoms with Gasteiger partial charge in [0.2, 0.25) is 0 Å². The van der Waals surface area contributed by atoms with E-state index in [4.69, 9.17) is 57.7 Å². The fourth-order valence-corrected chi connectivity index (χ4v) is 1.32. The zero-order valence-corrected chi connectivity index (χ0v) is 17.2. The maximum absolute atomic E-state index is 8.88. The van der Waals surface area contributed by atoms with Gasteiger partial charge < -0.3 is 44.0 Å². The van der Waals surface area contributed by atoms with E-state index in [1.54, 1.807) is 0 Å². The lowest BCUT2D eigenvalue weighted by atomic mass is 10.1. The lowest BCUT2D eigenvalue weighted by Crippen LogP contribution is -1.70. The summed E-state index contributed by atoms with van der Waals surface area (Å²) in [4.78, 5) is 64.7. The zero-order chi connectivity index (χ0) is 23.1. The van der Waals surface area contributed by atoms with Gasteiger partial charge in [0.1, 0.15) is 0 Å². The van der Waals surface area contributed by atoms with Gasteiger partial charge in [-0.2, -0.15) is 0 Å². The van der Waals surface area contributed by atoms with Crippen LogP contribution in [-0.4, -0.2) is 44.0 Å². The largest absolute Gasteiger partial charge is 0.466 e. The molecule has 0 radical (unpaired) electrons. The van der Waals surface area contributed by atoms with Crippen molar-refractivity contribution >= 4 is 35.6 Å². The van der Waals surface area contributed by atoms with Crippen molar-refractivity contribution in [1.29, 1.82) is 0 Å². The van der Waals surface area contributed by atoms with Crippen LogP contribution in [0.1, 0.15) is 11.1 Å². The molecule has 2 aromatic carbocycles. The maximum atomic E-state index is 8.88. The first kappa shape index (κ1) is 29.7. The van der Waals surface area contributed by atoms with Crippen molar-refractivity contribution in [2.24, 2.45) is 0 Å². The Balaban J connectivity index is 0. The van der Waals surface area contributed by atoms with Crippen molar-refractivity contribution in [3.05, 3.63) is 71.8 Å². The van der Waals surface area contributed by atoms with Gasteiger partial charge in [0, 0.05) is 0 Å². The Morgan fingerprint density at radius 2 is 0.621 bits per heavy atom. The van der Waals surface area contributed by atoms with Crippen LogP contribution in [0.15, 0.2) is 60.7 Å². The van der Waals surface area contributed by atoms with E-state index < -0.39 is 23.5 Å². The van der Waals surface area contributed by atoms with Crippen LogP contribution in [0.2, 0.25) is 0 Å². The van der Waals surface area contributed by atoms with Crippen molar-refractivity contribution in [1.82, 2.24) is 0 Å². The summed E-state index contributed by atoms with van der Waals surface area (Å²) < 4.78 is 26.6. The second-order valence-corrected chi connectivity index (χ2v) is 7.77. The molecule has 0 aliphatic heterocycles. The molecule has 15 heteroatoms. The first-order valence-electron chi connectivity index (χ1n) is 7.08. The smallest absolute Gasteiger partial charge is 0.303 e. The Morgan fingerprint density at radius 3 is 0.793 bits per heavy atom. The molecule has 0 spiro atoms. The van der Waals surface area contributed by atoms with Crippen LogP contribution in [0.4, 0.5) is 0 Å². The molecule has 0 heterocycles. The summed E-state index contributed by atoms with van der Waals surface area (Å²) in [6.45, 7) is 0. The Labute approximate surface area is 165 Å². The van der Waals surface area contributed by atoms with Gasteiger partial charge in [-0.25, -0.2) is 13.7 Å². The number of hydrogen-bond acceptors (Lipinski definition) is 3. The van der Waals surface area contributed by atoms with Gasteiger partial charge in [0.15, 0.2) is 0 Å². The Hall–Kier alpha value is -1.49. The quantitative estimate of drug-likeness (QED) is 0.220. The van der Waals surface area contributed by atoms with E-state index in [1.807, 2.05) is 36.4 Å². The molecular formula is C14H21O12P3. The normalized spacial score (nSPS) is 11.2.